The number of quaternary nitrogens is 1. The predicted octanol–water partition coefficient (Wildman–Crippen LogP) is -1.12. The molecule has 0 saturated carbocycles. The third-order valence-corrected chi connectivity index (χ3v) is 2.95. The molecular weight excluding hydrogens is 302 g/mol. The molecule has 0 spiro atoms. The summed E-state index contributed by atoms with van der Waals surface area (Å²) in [7, 11) is 6.64. The molecule has 0 aromatic heterocycles. The first-order valence-electron chi connectivity index (χ1n) is 7.41. The number of likely N-dealkylation sites (tertiary alicyclic amines) is 1. The van der Waals surface area contributed by atoms with Gasteiger partial charge >= 0.3 is 0 Å². The van der Waals surface area contributed by atoms with Crippen LogP contribution in [0.2, 0.25) is 0 Å². The van der Waals surface area contributed by atoms with Crippen molar-refractivity contribution < 1.29 is 26.5 Å². The number of rotatable bonds is 5. The Morgan fingerprint density at radius 3 is 2.32 bits per heavy atom. The maximum Gasteiger partial charge on any atom is 0.252 e. The van der Waals surface area contributed by atoms with Crippen molar-refractivity contribution in [1.29, 1.82) is 0 Å². The van der Waals surface area contributed by atoms with Gasteiger partial charge in [-0.3, -0.25) is 9.59 Å². The quantitative estimate of drug-likeness (QED) is 0.512. The van der Waals surface area contributed by atoms with Gasteiger partial charge in [-0.2, -0.15) is 0 Å². The van der Waals surface area contributed by atoms with Crippen LogP contribution in [0.15, 0.2) is 24.6 Å². The Labute approximate surface area is 141 Å². The van der Waals surface area contributed by atoms with Gasteiger partial charge < -0.3 is 27.1 Å². The second-order valence-electron chi connectivity index (χ2n) is 6.19. The van der Waals surface area contributed by atoms with Crippen LogP contribution in [0.5, 0.6) is 0 Å². The van der Waals surface area contributed by atoms with Crippen molar-refractivity contribution in [3.05, 3.63) is 24.6 Å². The Morgan fingerprint density at radius 1 is 1.41 bits per heavy atom. The molecule has 1 heterocycles. The number of halogens is 1. The van der Waals surface area contributed by atoms with Gasteiger partial charge in [0.15, 0.2) is 0 Å². The number of amides is 2. The zero-order valence-corrected chi connectivity index (χ0v) is 15.2. The zero-order valence-electron chi connectivity index (χ0n) is 14.5. The van der Waals surface area contributed by atoms with E-state index in [1.54, 1.807) is 18.0 Å². The number of carbonyl (C=O) groups excluding carboxylic acids is 2. The number of nitrogens with one attached hydrogen (secondary N) is 1. The van der Waals surface area contributed by atoms with Gasteiger partial charge in [-0.1, -0.05) is 13.5 Å². The third-order valence-electron chi connectivity index (χ3n) is 2.95. The van der Waals surface area contributed by atoms with E-state index in [0.717, 1.165) is 10.9 Å². The standard InChI is InChI=1S/C10H14N2O2.C6H16N.ClH/c1-3-11-10(14)8(2)7-12-6-4-5-9(12)13;1-5-6-7(2,3)4;/h3,7H,1,4-6H2,2H3,(H,11,14);5-6H2,1-4H3;1H/q;+1;/p-1. The number of hydrogen-bond donors (Lipinski definition) is 1. The van der Waals surface area contributed by atoms with Gasteiger partial charge in [0, 0.05) is 24.7 Å². The molecule has 6 heteroatoms. The number of hydrogen-bond acceptors (Lipinski definition) is 2. The van der Waals surface area contributed by atoms with Crippen molar-refractivity contribution in [2.75, 3.05) is 34.2 Å². The van der Waals surface area contributed by atoms with Crippen LogP contribution in [0.1, 0.15) is 33.1 Å². The summed E-state index contributed by atoms with van der Waals surface area (Å²) in [6, 6.07) is 0. The van der Waals surface area contributed by atoms with Gasteiger partial charge in [0.25, 0.3) is 5.91 Å². The van der Waals surface area contributed by atoms with Gasteiger partial charge in [-0.15, -0.1) is 0 Å². The second kappa shape index (κ2) is 11.3. The smallest absolute Gasteiger partial charge is 0.252 e. The van der Waals surface area contributed by atoms with Crippen LogP contribution in [-0.2, 0) is 9.59 Å². The van der Waals surface area contributed by atoms with E-state index in [2.05, 4.69) is 40.0 Å². The van der Waals surface area contributed by atoms with Crippen molar-refractivity contribution in [2.24, 2.45) is 0 Å². The van der Waals surface area contributed by atoms with Gasteiger partial charge in [-0.05, 0) is 26.0 Å². The van der Waals surface area contributed by atoms with E-state index in [4.69, 9.17) is 0 Å². The fourth-order valence-electron chi connectivity index (χ4n) is 1.98. The lowest BCUT2D eigenvalue weighted by Crippen LogP contribution is -3.00. The molecule has 0 atom stereocenters. The van der Waals surface area contributed by atoms with Crippen LogP contribution in [0.4, 0.5) is 0 Å². The Morgan fingerprint density at radius 2 is 2.00 bits per heavy atom. The molecule has 1 rings (SSSR count). The van der Waals surface area contributed by atoms with Crippen molar-refractivity contribution in [3.63, 3.8) is 0 Å². The minimum atomic E-state index is -0.222. The average molecular weight is 332 g/mol. The van der Waals surface area contributed by atoms with Crippen LogP contribution in [-0.4, -0.2) is 55.4 Å². The minimum Gasteiger partial charge on any atom is -1.00 e. The van der Waals surface area contributed by atoms with E-state index in [9.17, 15) is 9.59 Å². The molecule has 128 valence electrons. The highest BCUT2D eigenvalue weighted by Gasteiger charge is 2.18. The molecule has 1 saturated heterocycles. The summed E-state index contributed by atoms with van der Waals surface area (Å²) in [5.41, 5.74) is 0.514. The summed E-state index contributed by atoms with van der Waals surface area (Å²) in [6.45, 7) is 9.26. The number of nitrogens with zero attached hydrogens (tertiary/aromatic N) is 2. The molecule has 22 heavy (non-hydrogen) atoms. The maximum atomic E-state index is 11.2. The van der Waals surface area contributed by atoms with Crippen LogP contribution in [0.3, 0.4) is 0 Å². The lowest BCUT2D eigenvalue weighted by molar-refractivity contribution is -0.870. The fourth-order valence-corrected chi connectivity index (χ4v) is 1.98. The lowest BCUT2D eigenvalue weighted by atomic mass is 10.3. The Hall–Kier alpha value is -1.33. The molecule has 0 aromatic rings. The van der Waals surface area contributed by atoms with Crippen molar-refractivity contribution >= 4 is 11.8 Å². The van der Waals surface area contributed by atoms with Crippen molar-refractivity contribution in [2.45, 2.75) is 33.1 Å². The van der Waals surface area contributed by atoms with Gasteiger partial charge in [0.05, 0.1) is 27.7 Å². The summed E-state index contributed by atoms with van der Waals surface area (Å²) in [5, 5.41) is 2.45. The van der Waals surface area contributed by atoms with E-state index < -0.39 is 0 Å². The molecule has 0 bridgehead atoms. The highest BCUT2D eigenvalue weighted by Crippen LogP contribution is 2.11. The molecule has 1 N–H and O–H groups in total. The first-order chi connectivity index (χ1) is 9.71. The Kier molecular flexibility index (Phi) is 11.7. The lowest BCUT2D eigenvalue weighted by Gasteiger charge is -2.22. The summed E-state index contributed by atoms with van der Waals surface area (Å²) in [4.78, 5) is 24.0. The Balaban J connectivity index is 0. The molecule has 1 aliphatic rings. The molecular formula is C16H30ClN3O2. The summed E-state index contributed by atoms with van der Waals surface area (Å²) >= 11 is 0. The van der Waals surface area contributed by atoms with E-state index in [0.29, 0.717) is 18.5 Å². The molecule has 1 fully saturated rings. The number of carbonyl (C=O) groups is 2. The predicted molar refractivity (Wildman–Crippen MR) is 86.2 cm³/mol. The topological polar surface area (TPSA) is 49.4 Å². The fraction of sp³-hybridized carbons (Fsp3) is 0.625. The van der Waals surface area contributed by atoms with Crippen LogP contribution < -0.4 is 17.7 Å². The Bertz CT molecular complexity index is 401. The second-order valence-corrected chi connectivity index (χ2v) is 6.19. The zero-order chi connectivity index (χ0) is 16.5. The van der Waals surface area contributed by atoms with E-state index >= 15 is 0 Å². The van der Waals surface area contributed by atoms with E-state index in [-0.39, 0.29) is 24.2 Å². The van der Waals surface area contributed by atoms with Crippen LogP contribution in [0.25, 0.3) is 0 Å². The third kappa shape index (κ3) is 10.4. The molecule has 1 aliphatic heterocycles. The maximum absolute atomic E-state index is 11.2. The normalized spacial score (nSPS) is 14.7. The molecule has 5 nitrogen and oxygen atoms in total. The molecule has 2 amide bonds. The largest absolute Gasteiger partial charge is 1.00 e. The molecule has 0 unspecified atom stereocenters. The van der Waals surface area contributed by atoms with Gasteiger partial charge in [0.1, 0.15) is 0 Å². The molecule has 0 radical (unpaired) electrons. The summed E-state index contributed by atoms with van der Waals surface area (Å²) < 4.78 is 1.09. The highest BCUT2D eigenvalue weighted by molar-refractivity contribution is 5.94. The van der Waals surface area contributed by atoms with Crippen molar-refractivity contribution in [3.8, 4) is 0 Å². The monoisotopic (exact) mass is 331 g/mol. The first-order valence-corrected chi connectivity index (χ1v) is 7.41. The molecule has 0 aromatic carbocycles. The average Bonchev–Trinajstić information content (AvgIpc) is 2.74. The van der Waals surface area contributed by atoms with Crippen LogP contribution in [0, 0.1) is 0 Å². The van der Waals surface area contributed by atoms with Gasteiger partial charge in [0.2, 0.25) is 5.91 Å². The SMILES string of the molecule is C=CNC(=O)C(C)=CN1CCCC1=O.CCC[N+](C)(C)C.[Cl-]. The van der Waals surface area contributed by atoms with E-state index in [1.807, 2.05) is 0 Å². The first kappa shape index (κ1) is 22.9. The summed E-state index contributed by atoms with van der Waals surface area (Å²) in [5.74, 6) is -0.143. The molecule has 0 aliphatic carbocycles. The van der Waals surface area contributed by atoms with Crippen molar-refractivity contribution in [1.82, 2.24) is 10.2 Å². The van der Waals surface area contributed by atoms with E-state index in [1.165, 1.54) is 19.2 Å². The van der Waals surface area contributed by atoms with Crippen LogP contribution >= 0.6 is 0 Å². The minimum absolute atomic E-state index is 0. The van der Waals surface area contributed by atoms with Gasteiger partial charge in [-0.25, -0.2) is 0 Å². The highest BCUT2D eigenvalue weighted by atomic mass is 35.5. The summed E-state index contributed by atoms with van der Waals surface area (Å²) in [6.07, 6.45) is 5.64.